The summed E-state index contributed by atoms with van der Waals surface area (Å²) in [7, 11) is 0. The fourth-order valence-electron chi connectivity index (χ4n) is 4.92. The number of hydrogen-bond acceptors (Lipinski definition) is 4. The lowest BCUT2D eigenvalue weighted by molar-refractivity contribution is -0.156. The average Bonchev–Trinajstić information content (AvgIpc) is 3.50. The molecule has 2 fully saturated rings. The van der Waals surface area contributed by atoms with Crippen molar-refractivity contribution in [3.05, 3.63) is 58.3 Å². The molecule has 2 saturated heterocycles. The lowest BCUT2D eigenvalue weighted by Crippen LogP contribution is -2.53. The zero-order valence-corrected chi connectivity index (χ0v) is 20.2. The third-order valence-corrected chi connectivity index (χ3v) is 7.28. The molecule has 0 aliphatic carbocycles. The number of halogens is 5. The predicted octanol–water partition coefficient (Wildman–Crippen LogP) is 4.90. The van der Waals surface area contributed by atoms with Crippen LogP contribution in [0.25, 0.3) is 11.0 Å². The Morgan fingerprint density at radius 3 is 2.51 bits per heavy atom. The second-order valence-electron chi connectivity index (χ2n) is 8.90. The van der Waals surface area contributed by atoms with Gasteiger partial charge in [-0.15, -0.1) is 0 Å². The van der Waals surface area contributed by atoms with Crippen LogP contribution in [0.2, 0.25) is 10.0 Å². The van der Waals surface area contributed by atoms with E-state index in [1.54, 1.807) is 12.1 Å². The van der Waals surface area contributed by atoms with E-state index >= 15 is 0 Å². The maximum atomic E-state index is 14.3. The first-order valence-corrected chi connectivity index (χ1v) is 12.2. The predicted molar refractivity (Wildman–Crippen MR) is 130 cm³/mol. The highest BCUT2D eigenvalue weighted by Gasteiger charge is 2.44. The van der Waals surface area contributed by atoms with Crippen LogP contribution in [0.4, 0.5) is 18.9 Å². The number of piperazine rings is 1. The van der Waals surface area contributed by atoms with Gasteiger partial charge in [0.1, 0.15) is 0 Å². The van der Waals surface area contributed by atoms with E-state index in [1.165, 1.54) is 24.5 Å². The van der Waals surface area contributed by atoms with Gasteiger partial charge in [0.25, 0.3) is 0 Å². The zero-order valence-electron chi connectivity index (χ0n) is 18.7. The maximum Gasteiger partial charge on any atom is 0.413 e. The summed E-state index contributed by atoms with van der Waals surface area (Å²) in [5.74, 6) is 0.128. The quantitative estimate of drug-likeness (QED) is 0.526. The number of anilines is 1. The number of nitrogens with zero attached hydrogens (tertiary/aromatic N) is 4. The second kappa shape index (κ2) is 9.52. The number of hydrogen-bond donors (Lipinski definition) is 1. The Morgan fingerprint density at radius 2 is 1.86 bits per heavy atom. The van der Waals surface area contributed by atoms with Crippen LogP contribution in [-0.4, -0.2) is 65.3 Å². The number of imidazole rings is 1. The molecule has 1 amide bonds. The smallest absolute Gasteiger partial charge is 0.368 e. The molecule has 1 aromatic heterocycles. The summed E-state index contributed by atoms with van der Waals surface area (Å²) in [6, 6.07) is 7.19. The van der Waals surface area contributed by atoms with Crippen LogP contribution >= 0.6 is 23.2 Å². The lowest BCUT2D eigenvalue weighted by atomic mass is 10.1. The molecule has 2 aromatic carbocycles. The molecule has 6 nitrogen and oxygen atoms in total. The van der Waals surface area contributed by atoms with Crippen LogP contribution in [0, 0.1) is 0 Å². The van der Waals surface area contributed by atoms with Gasteiger partial charge in [-0.05, 0) is 49.7 Å². The van der Waals surface area contributed by atoms with E-state index in [0.29, 0.717) is 37.2 Å². The van der Waals surface area contributed by atoms with Crippen LogP contribution < -0.4 is 10.2 Å². The SMILES string of the molecule is O=C([C@H]1CCCN1)N1CCN(c2ccc3ncn([C@@H](c4ccc(Cl)cc4Cl)C(F)(F)F)c3c2)CC1. The van der Waals surface area contributed by atoms with Crippen molar-refractivity contribution in [1.29, 1.82) is 0 Å². The summed E-state index contributed by atoms with van der Waals surface area (Å²) >= 11 is 12.1. The van der Waals surface area contributed by atoms with Gasteiger partial charge in [0.15, 0.2) is 6.04 Å². The highest BCUT2D eigenvalue weighted by molar-refractivity contribution is 6.35. The first kappa shape index (κ1) is 24.2. The summed E-state index contributed by atoms with van der Waals surface area (Å²) in [5.41, 5.74) is 1.49. The van der Waals surface area contributed by atoms with Crippen LogP contribution in [-0.2, 0) is 4.79 Å². The highest BCUT2D eigenvalue weighted by atomic mass is 35.5. The van der Waals surface area contributed by atoms with Gasteiger partial charge in [0.05, 0.1) is 23.4 Å². The Kier molecular flexibility index (Phi) is 6.59. The molecular weight excluding hydrogens is 502 g/mol. The Balaban J connectivity index is 1.42. The molecule has 2 aliphatic heterocycles. The maximum absolute atomic E-state index is 14.3. The highest BCUT2D eigenvalue weighted by Crippen LogP contribution is 2.41. The monoisotopic (exact) mass is 525 g/mol. The van der Waals surface area contributed by atoms with Crippen LogP contribution in [0.5, 0.6) is 0 Å². The van der Waals surface area contributed by atoms with E-state index < -0.39 is 12.2 Å². The molecule has 11 heteroatoms. The number of rotatable bonds is 4. The molecule has 0 bridgehead atoms. The Labute approximate surface area is 210 Å². The number of alkyl halides is 3. The van der Waals surface area contributed by atoms with E-state index in [-0.39, 0.29) is 27.6 Å². The van der Waals surface area contributed by atoms with Crippen molar-refractivity contribution in [2.75, 3.05) is 37.6 Å². The number of fused-ring (bicyclic) bond motifs is 1. The van der Waals surface area contributed by atoms with Crippen molar-refractivity contribution in [3.8, 4) is 0 Å². The van der Waals surface area contributed by atoms with Gasteiger partial charge in [0, 0.05) is 47.5 Å². The zero-order chi connectivity index (χ0) is 24.7. The molecule has 2 aliphatic rings. The molecule has 0 radical (unpaired) electrons. The number of nitrogens with one attached hydrogen (secondary N) is 1. The van der Waals surface area contributed by atoms with Crippen molar-refractivity contribution < 1.29 is 18.0 Å². The summed E-state index contributed by atoms with van der Waals surface area (Å²) in [5, 5.41) is 3.44. The van der Waals surface area contributed by atoms with Gasteiger partial charge in [-0.25, -0.2) is 4.98 Å². The molecule has 0 saturated carbocycles. The molecule has 3 aromatic rings. The Morgan fingerprint density at radius 1 is 1.09 bits per heavy atom. The Bertz CT molecular complexity index is 1230. The summed E-state index contributed by atoms with van der Waals surface area (Å²) in [6.07, 6.45) is -1.55. The van der Waals surface area contributed by atoms with Gasteiger partial charge in [-0.2, -0.15) is 13.2 Å². The van der Waals surface area contributed by atoms with E-state index in [4.69, 9.17) is 23.2 Å². The topological polar surface area (TPSA) is 53.4 Å². The Hall–Kier alpha value is -2.49. The molecule has 3 heterocycles. The van der Waals surface area contributed by atoms with Crippen LogP contribution in [0.3, 0.4) is 0 Å². The van der Waals surface area contributed by atoms with Gasteiger partial charge in [-0.3, -0.25) is 4.79 Å². The number of aromatic nitrogens is 2. The molecule has 35 heavy (non-hydrogen) atoms. The minimum atomic E-state index is -4.61. The number of amides is 1. The molecule has 1 N–H and O–H groups in total. The van der Waals surface area contributed by atoms with E-state index in [2.05, 4.69) is 15.2 Å². The van der Waals surface area contributed by atoms with Crippen LogP contribution in [0.1, 0.15) is 24.4 Å². The molecule has 5 rings (SSSR count). The molecule has 186 valence electrons. The third kappa shape index (κ3) is 4.81. The third-order valence-electron chi connectivity index (χ3n) is 6.72. The normalized spacial score (nSPS) is 20.0. The van der Waals surface area contributed by atoms with Crippen molar-refractivity contribution in [2.24, 2.45) is 0 Å². The largest absolute Gasteiger partial charge is 0.413 e. The van der Waals surface area contributed by atoms with Crippen molar-refractivity contribution >= 4 is 45.8 Å². The lowest BCUT2D eigenvalue weighted by Gasteiger charge is -2.37. The van der Waals surface area contributed by atoms with Crippen molar-refractivity contribution in [1.82, 2.24) is 19.8 Å². The average molecular weight is 526 g/mol. The minimum absolute atomic E-state index is 0.0598. The van der Waals surface area contributed by atoms with Crippen molar-refractivity contribution in [3.63, 3.8) is 0 Å². The first-order valence-electron chi connectivity index (χ1n) is 11.5. The fourth-order valence-corrected chi connectivity index (χ4v) is 5.44. The summed E-state index contributed by atoms with van der Waals surface area (Å²) in [6.45, 7) is 3.21. The number of carbonyl (C=O) groups is 1. The van der Waals surface area contributed by atoms with E-state index in [9.17, 15) is 18.0 Å². The molecule has 2 atom stereocenters. The van der Waals surface area contributed by atoms with Gasteiger partial charge in [0.2, 0.25) is 5.91 Å². The standard InChI is InChI=1S/C24H24Cl2F3N5O/c25-15-3-5-17(18(26)12-15)22(24(27,28)29)34-14-31-19-6-4-16(13-21(19)34)32-8-10-33(11-9-32)23(35)20-2-1-7-30-20/h3-6,12-14,20,22,30H,1-2,7-11H2/t20-,22+/m1/s1. The molecule has 0 unspecified atom stereocenters. The fraction of sp³-hybridized carbons (Fsp3) is 0.417. The van der Waals surface area contributed by atoms with E-state index in [0.717, 1.165) is 29.6 Å². The van der Waals surface area contributed by atoms with Gasteiger partial charge >= 0.3 is 6.18 Å². The molecule has 0 spiro atoms. The number of carbonyl (C=O) groups excluding carboxylic acids is 1. The summed E-state index contributed by atoms with van der Waals surface area (Å²) < 4.78 is 44.0. The second-order valence-corrected chi connectivity index (χ2v) is 9.74. The summed E-state index contributed by atoms with van der Waals surface area (Å²) in [4.78, 5) is 20.8. The minimum Gasteiger partial charge on any atom is -0.368 e. The number of benzene rings is 2. The van der Waals surface area contributed by atoms with E-state index in [1.807, 2.05) is 11.0 Å². The van der Waals surface area contributed by atoms with Crippen LogP contribution in [0.15, 0.2) is 42.7 Å². The van der Waals surface area contributed by atoms with Crippen molar-refractivity contribution in [2.45, 2.75) is 31.1 Å². The van der Waals surface area contributed by atoms with Gasteiger partial charge < -0.3 is 19.7 Å². The van der Waals surface area contributed by atoms with Gasteiger partial charge in [-0.1, -0.05) is 29.3 Å². The molecular formula is C24H24Cl2F3N5O. The first-order chi connectivity index (χ1) is 16.7.